The molecule has 7 heteroatoms. The van der Waals surface area contributed by atoms with Crippen molar-refractivity contribution >= 4 is 28.5 Å². The molecular weight excluding hydrogens is 274 g/mol. The molecule has 2 heterocycles. The standard InChI is InChI=1S/C12H8F2N2O2S/c1-5-15-16-10-4-9(14)8(13)3-6(10)2-7(12(17)18)11(16)19-5/h3-4H,2H2,1H3,(H,17,18). The average molecular weight is 282 g/mol. The molecule has 0 bridgehead atoms. The van der Waals surface area contributed by atoms with Gasteiger partial charge in [-0.25, -0.2) is 18.6 Å². The third kappa shape index (κ3) is 1.81. The highest BCUT2D eigenvalue weighted by Crippen LogP contribution is 2.43. The van der Waals surface area contributed by atoms with Gasteiger partial charge in [0.2, 0.25) is 0 Å². The van der Waals surface area contributed by atoms with Gasteiger partial charge in [0.05, 0.1) is 16.3 Å². The summed E-state index contributed by atoms with van der Waals surface area (Å²) in [6, 6.07) is 2.07. The van der Waals surface area contributed by atoms with Crippen LogP contribution in [-0.2, 0) is 11.2 Å². The van der Waals surface area contributed by atoms with Gasteiger partial charge in [0.15, 0.2) is 11.6 Å². The van der Waals surface area contributed by atoms with Crippen molar-refractivity contribution in [2.24, 2.45) is 5.10 Å². The Bertz CT molecular complexity index is 670. The van der Waals surface area contributed by atoms with Crippen LogP contribution in [0.1, 0.15) is 12.5 Å². The number of rotatable bonds is 1. The maximum atomic E-state index is 13.3. The van der Waals surface area contributed by atoms with Gasteiger partial charge in [-0.3, -0.25) is 0 Å². The highest BCUT2D eigenvalue weighted by Gasteiger charge is 2.34. The van der Waals surface area contributed by atoms with Crippen LogP contribution in [0.15, 0.2) is 27.8 Å². The Balaban J connectivity index is 2.21. The number of anilines is 1. The van der Waals surface area contributed by atoms with Crippen LogP contribution < -0.4 is 5.01 Å². The van der Waals surface area contributed by atoms with Crippen molar-refractivity contribution in [3.8, 4) is 0 Å². The number of aliphatic carboxylic acids is 1. The zero-order chi connectivity index (χ0) is 13.7. The van der Waals surface area contributed by atoms with Crippen molar-refractivity contribution in [1.29, 1.82) is 0 Å². The first-order chi connectivity index (χ1) is 8.97. The molecule has 0 aromatic heterocycles. The molecule has 19 heavy (non-hydrogen) atoms. The molecule has 98 valence electrons. The summed E-state index contributed by atoms with van der Waals surface area (Å²) < 4.78 is 26.6. The van der Waals surface area contributed by atoms with E-state index in [0.29, 0.717) is 21.3 Å². The zero-order valence-corrected chi connectivity index (χ0v) is 10.6. The van der Waals surface area contributed by atoms with E-state index < -0.39 is 17.6 Å². The van der Waals surface area contributed by atoms with Crippen LogP contribution in [0.5, 0.6) is 0 Å². The van der Waals surface area contributed by atoms with Crippen LogP contribution in [0.3, 0.4) is 0 Å². The highest BCUT2D eigenvalue weighted by atomic mass is 32.2. The Morgan fingerprint density at radius 2 is 2.11 bits per heavy atom. The highest BCUT2D eigenvalue weighted by molar-refractivity contribution is 8.17. The second-order valence-corrected chi connectivity index (χ2v) is 5.38. The van der Waals surface area contributed by atoms with Gasteiger partial charge in [-0.05, 0) is 18.6 Å². The molecule has 1 N–H and O–H groups in total. The van der Waals surface area contributed by atoms with Crippen LogP contribution in [0, 0.1) is 11.6 Å². The molecule has 0 atom stereocenters. The summed E-state index contributed by atoms with van der Waals surface area (Å²) in [5.41, 5.74) is 0.950. The van der Waals surface area contributed by atoms with Gasteiger partial charge < -0.3 is 5.11 Å². The number of hydrogen-bond acceptors (Lipinski definition) is 4. The normalized spacial score (nSPS) is 17.2. The van der Waals surface area contributed by atoms with E-state index in [9.17, 15) is 18.7 Å². The number of carboxylic acids is 1. The van der Waals surface area contributed by atoms with Gasteiger partial charge in [-0.1, -0.05) is 11.8 Å². The summed E-state index contributed by atoms with van der Waals surface area (Å²) in [6.45, 7) is 1.73. The van der Waals surface area contributed by atoms with E-state index in [2.05, 4.69) is 5.10 Å². The third-order valence-electron chi connectivity index (χ3n) is 2.91. The SMILES string of the molecule is CC1=NN2C(=C(C(=O)O)Cc3cc(F)c(F)cc32)S1. The van der Waals surface area contributed by atoms with E-state index in [1.165, 1.54) is 16.8 Å². The number of hydrazone groups is 1. The van der Waals surface area contributed by atoms with Crippen LogP contribution in [0.4, 0.5) is 14.5 Å². The number of fused-ring (bicyclic) bond motifs is 3. The van der Waals surface area contributed by atoms with Crippen LogP contribution in [0.2, 0.25) is 0 Å². The minimum atomic E-state index is -1.08. The lowest BCUT2D eigenvalue weighted by atomic mass is 10.00. The largest absolute Gasteiger partial charge is 0.478 e. The first kappa shape index (κ1) is 12.2. The van der Waals surface area contributed by atoms with Gasteiger partial charge in [0, 0.05) is 12.5 Å². The summed E-state index contributed by atoms with van der Waals surface area (Å²) >= 11 is 1.22. The molecule has 0 fully saturated rings. The number of halogens is 2. The van der Waals surface area contributed by atoms with Gasteiger partial charge in [0.1, 0.15) is 5.03 Å². The van der Waals surface area contributed by atoms with Crippen molar-refractivity contribution < 1.29 is 18.7 Å². The number of carboxylic acid groups (broad SMARTS) is 1. The van der Waals surface area contributed by atoms with Crippen molar-refractivity contribution in [2.75, 3.05) is 5.01 Å². The maximum Gasteiger partial charge on any atom is 0.334 e. The van der Waals surface area contributed by atoms with E-state index in [0.717, 1.165) is 12.1 Å². The van der Waals surface area contributed by atoms with Crippen LogP contribution in [0.25, 0.3) is 0 Å². The molecule has 1 aromatic rings. The van der Waals surface area contributed by atoms with Crippen LogP contribution in [-0.4, -0.2) is 16.1 Å². The molecule has 0 spiro atoms. The number of nitrogens with zero attached hydrogens (tertiary/aromatic N) is 2. The Labute approximate surface area is 111 Å². The van der Waals surface area contributed by atoms with E-state index in [4.69, 9.17) is 0 Å². The molecule has 0 saturated heterocycles. The van der Waals surface area contributed by atoms with Gasteiger partial charge in [-0.2, -0.15) is 5.10 Å². The molecule has 0 unspecified atom stereocenters. The lowest BCUT2D eigenvalue weighted by molar-refractivity contribution is -0.132. The molecule has 0 saturated carbocycles. The summed E-state index contributed by atoms with van der Waals surface area (Å²) in [6.07, 6.45) is 0.0590. The summed E-state index contributed by atoms with van der Waals surface area (Å²) in [7, 11) is 0. The van der Waals surface area contributed by atoms with E-state index in [1.807, 2.05) is 0 Å². The second-order valence-electron chi connectivity index (χ2n) is 4.19. The van der Waals surface area contributed by atoms with Crippen molar-refractivity contribution in [1.82, 2.24) is 0 Å². The first-order valence-electron chi connectivity index (χ1n) is 5.45. The molecule has 2 aliphatic heterocycles. The fourth-order valence-electron chi connectivity index (χ4n) is 2.09. The van der Waals surface area contributed by atoms with Crippen molar-refractivity contribution in [3.63, 3.8) is 0 Å². The molecular formula is C12H8F2N2O2S. The van der Waals surface area contributed by atoms with Crippen LogP contribution >= 0.6 is 11.8 Å². The van der Waals surface area contributed by atoms with Gasteiger partial charge in [-0.15, -0.1) is 0 Å². The number of hydrogen-bond donors (Lipinski definition) is 1. The maximum absolute atomic E-state index is 13.3. The number of carbonyl (C=O) groups is 1. The lowest BCUT2D eigenvalue weighted by Crippen LogP contribution is -2.23. The minimum absolute atomic E-state index is 0.0590. The Kier molecular flexibility index (Phi) is 2.60. The molecule has 0 radical (unpaired) electrons. The fourth-order valence-corrected chi connectivity index (χ4v) is 3.00. The Morgan fingerprint density at radius 3 is 2.79 bits per heavy atom. The predicted molar refractivity (Wildman–Crippen MR) is 67.9 cm³/mol. The van der Waals surface area contributed by atoms with E-state index in [-0.39, 0.29) is 12.0 Å². The summed E-state index contributed by atoms with van der Waals surface area (Å²) in [5.74, 6) is -3.03. The molecule has 1 aromatic carbocycles. The quantitative estimate of drug-likeness (QED) is 0.860. The fraction of sp³-hybridized carbons (Fsp3) is 0.167. The number of benzene rings is 1. The first-order valence-corrected chi connectivity index (χ1v) is 6.26. The average Bonchev–Trinajstić information content (AvgIpc) is 2.71. The smallest absolute Gasteiger partial charge is 0.334 e. The summed E-state index contributed by atoms with van der Waals surface area (Å²) in [5, 5.41) is 15.8. The van der Waals surface area contributed by atoms with E-state index >= 15 is 0 Å². The lowest BCUT2D eigenvalue weighted by Gasteiger charge is -2.25. The molecule has 2 aliphatic rings. The zero-order valence-electron chi connectivity index (χ0n) is 9.78. The predicted octanol–water partition coefficient (Wildman–Crippen LogP) is 2.70. The Hall–Kier alpha value is -1.89. The topological polar surface area (TPSA) is 52.9 Å². The second kappa shape index (κ2) is 4.06. The molecule has 4 nitrogen and oxygen atoms in total. The monoisotopic (exact) mass is 282 g/mol. The summed E-state index contributed by atoms with van der Waals surface area (Å²) in [4.78, 5) is 11.2. The van der Waals surface area contributed by atoms with Crippen molar-refractivity contribution in [2.45, 2.75) is 13.3 Å². The molecule has 3 rings (SSSR count). The van der Waals surface area contributed by atoms with Crippen molar-refractivity contribution in [3.05, 3.63) is 39.9 Å². The van der Waals surface area contributed by atoms with Gasteiger partial charge >= 0.3 is 5.97 Å². The Morgan fingerprint density at radius 1 is 1.42 bits per heavy atom. The number of thioether (sulfide) groups is 1. The van der Waals surface area contributed by atoms with Gasteiger partial charge in [0.25, 0.3) is 0 Å². The molecule has 0 amide bonds. The molecule has 0 aliphatic carbocycles. The minimum Gasteiger partial charge on any atom is -0.478 e. The van der Waals surface area contributed by atoms with E-state index in [1.54, 1.807) is 6.92 Å². The third-order valence-corrected chi connectivity index (χ3v) is 3.90.